The molecular weight excluding hydrogens is 434 g/mol. The molecule has 2 amide bonds. The van der Waals surface area contributed by atoms with Gasteiger partial charge in [-0.25, -0.2) is 4.39 Å². The number of aliphatic hydroxyl groups is 1. The Bertz CT molecular complexity index is 1090. The van der Waals surface area contributed by atoms with Crippen molar-refractivity contribution in [2.45, 2.75) is 37.1 Å². The zero-order valence-corrected chi connectivity index (χ0v) is 17.1. The summed E-state index contributed by atoms with van der Waals surface area (Å²) in [5.74, 6) is -1.44. The molecule has 0 spiro atoms. The number of rotatable bonds is 5. The molecule has 6 nitrogen and oxygen atoms in total. The van der Waals surface area contributed by atoms with E-state index in [2.05, 4.69) is 0 Å². The molecule has 156 valence electrons. The van der Waals surface area contributed by atoms with Gasteiger partial charge in [0.15, 0.2) is 12.3 Å². The highest BCUT2D eigenvalue weighted by Crippen LogP contribution is 2.73. The Kier molecular flexibility index (Phi) is 4.13. The van der Waals surface area contributed by atoms with Gasteiger partial charge in [-0.05, 0) is 49.6 Å². The summed E-state index contributed by atoms with van der Waals surface area (Å²) < 4.78 is 19.5. The lowest BCUT2D eigenvalue weighted by Gasteiger charge is -2.74. The maximum absolute atomic E-state index is 13.7. The maximum atomic E-state index is 13.7. The van der Waals surface area contributed by atoms with Gasteiger partial charge in [-0.3, -0.25) is 9.59 Å². The molecule has 0 radical (unpaired) electrons. The smallest absolute Gasteiger partial charge is 0.259 e. The van der Waals surface area contributed by atoms with E-state index in [9.17, 15) is 19.1 Å². The number of benzene rings is 2. The zero-order valence-electron chi connectivity index (χ0n) is 15.6. The Morgan fingerprint density at radius 2 is 1.93 bits per heavy atom. The number of carbonyl (C=O) groups is 2. The lowest BCUT2D eigenvalue weighted by atomic mass is 9.37. The second-order valence-corrected chi connectivity index (χ2v) is 9.22. The van der Waals surface area contributed by atoms with E-state index in [1.165, 1.54) is 17.0 Å². The lowest BCUT2D eigenvalue weighted by molar-refractivity contribution is -0.261. The number of halogens is 3. The van der Waals surface area contributed by atoms with Crippen LogP contribution in [-0.4, -0.2) is 33.5 Å². The summed E-state index contributed by atoms with van der Waals surface area (Å²) in [6, 6.07) is 8.72. The number of amides is 2. The number of fused-ring (bicyclic) bond motifs is 1. The maximum Gasteiger partial charge on any atom is 0.259 e. The molecule has 2 atom stereocenters. The summed E-state index contributed by atoms with van der Waals surface area (Å²) >= 11 is 11.7. The molecule has 0 saturated heterocycles. The standard InChI is InChI=1S/C21H17Cl2FN2O4/c22-10-1-3-12-13(5-10)19(29)26(18(12)28)21-7-20(8-21,9-21)16(17(25)27)30-11-2-4-14(23)15(24)6-11/h1-6,16,19,29H,7-9H2,(H2,25,27). The van der Waals surface area contributed by atoms with Crippen LogP contribution in [0.3, 0.4) is 0 Å². The number of hydrogen-bond donors (Lipinski definition) is 2. The van der Waals surface area contributed by atoms with Gasteiger partial charge in [0.25, 0.3) is 11.8 Å². The van der Waals surface area contributed by atoms with Crippen LogP contribution in [0.5, 0.6) is 5.75 Å². The van der Waals surface area contributed by atoms with E-state index in [0.717, 1.165) is 6.07 Å². The number of ether oxygens (including phenoxy) is 1. The first kappa shape index (κ1) is 19.6. The second-order valence-electron chi connectivity index (χ2n) is 8.37. The highest BCUT2D eigenvalue weighted by atomic mass is 35.5. The van der Waals surface area contributed by atoms with Gasteiger partial charge in [-0.2, -0.15) is 0 Å². The normalized spacial score (nSPS) is 29.7. The molecule has 9 heteroatoms. The third kappa shape index (κ3) is 2.58. The Hall–Kier alpha value is -2.35. The third-order valence-electron chi connectivity index (χ3n) is 6.50. The molecule has 2 unspecified atom stereocenters. The monoisotopic (exact) mass is 450 g/mol. The largest absolute Gasteiger partial charge is 0.480 e. The van der Waals surface area contributed by atoms with Crippen LogP contribution in [0.2, 0.25) is 10.0 Å². The molecule has 30 heavy (non-hydrogen) atoms. The van der Waals surface area contributed by atoms with E-state index in [4.69, 9.17) is 33.7 Å². The van der Waals surface area contributed by atoms with Crippen LogP contribution in [-0.2, 0) is 4.79 Å². The number of aliphatic hydroxyl groups excluding tert-OH is 1. The van der Waals surface area contributed by atoms with Crippen molar-refractivity contribution in [1.29, 1.82) is 0 Å². The molecule has 2 aromatic carbocycles. The van der Waals surface area contributed by atoms with Gasteiger partial charge in [0.05, 0.1) is 5.02 Å². The lowest BCUT2D eigenvalue weighted by Crippen LogP contribution is -2.80. The van der Waals surface area contributed by atoms with Crippen LogP contribution in [0.15, 0.2) is 36.4 Å². The van der Waals surface area contributed by atoms with Crippen molar-refractivity contribution in [3.05, 3.63) is 63.4 Å². The van der Waals surface area contributed by atoms with E-state index < -0.39 is 35.0 Å². The number of primary amides is 1. The number of carbonyl (C=O) groups excluding carboxylic acids is 2. The van der Waals surface area contributed by atoms with Crippen molar-refractivity contribution in [1.82, 2.24) is 4.90 Å². The minimum atomic E-state index is -1.09. The quantitative estimate of drug-likeness (QED) is 0.729. The van der Waals surface area contributed by atoms with Crippen LogP contribution in [0, 0.1) is 11.2 Å². The van der Waals surface area contributed by atoms with Crippen LogP contribution in [0.25, 0.3) is 0 Å². The molecule has 2 aromatic rings. The first-order chi connectivity index (χ1) is 14.2. The molecular formula is C21H17Cl2FN2O4. The summed E-state index contributed by atoms with van der Waals surface area (Å²) in [6.07, 6.45) is -0.717. The van der Waals surface area contributed by atoms with Crippen molar-refractivity contribution < 1.29 is 23.8 Å². The average molecular weight is 451 g/mol. The fourth-order valence-corrected chi connectivity index (χ4v) is 5.61. The van der Waals surface area contributed by atoms with Crippen LogP contribution >= 0.6 is 23.2 Å². The van der Waals surface area contributed by atoms with Crippen molar-refractivity contribution in [3.8, 4) is 5.75 Å². The highest BCUT2D eigenvalue weighted by molar-refractivity contribution is 6.31. The predicted molar refractivity (Wildman–Crippen MR) is 107 cm³/mol. The third-order valence-corrected chi connectivity index (χ3v) is 7.04. The molecule has 3 aliphatic carbocycles. The van der Waals surface area contributed by atoms with Gasteiger partial charge in [0.2, 0.25) is 0 Å². The zero-order chi connectivity index (χ0) is 21.4. The summed E-state index contributed by atoms with van der Waals surface area (Å²) in [4.78, 5) is 26.5. The molecule has 0 aromatic heterocycles. The van der Waals surface area contributed by atoms with Gasteiger partial charge < -0.3 is 20.5 Å². The summed E-state index contributed by atoms with van der Waals surface area (Å²) in [7, 11) is 0. The minimum absolute atomic E-state index is 0.0522. The average Bonchev–Trinajstić information content (AvgIpc) is 2.86. The van der Waals surface area contributed by atoms with E-state index >= 15 is 0 Å². The first-order valence-corrected chi connectivity index (χ1v) is 10.1. The van der Waals surface area contributed by atoms with Gasteiger partial charge in [0, 0.05) is 33.2 Å². The Morgan fingerprint density at radius 1 is 1.23 bits per heavy atom. The van der Waals surface area contributed by atoms with Gasteiger partial charge in [0.1, 0.15) is 11.6 Å². The first-order valence-electron chi connectivity index (χ1n) is 9.38. The van der Waals surface area contributed by atoms with Gasteiger partial charge in [-0.1, -0.05) is 23.2 Å². The highest BCUT2D eigenvalue weighted by Gasteiger charge is 2.76. The molecule has 1 aliphatic heterocycles. The summed E-state index contributed by atoms with van der Waals surface area (Å²) in [5, 5.41) is 11.1. The fraction of sp³-hybridized carbons (Fsp3) is 0.333. The van der Waals surface area contributed by atoms with Crippen molar-refractivity contribution in [2.24, 2.45) is 11.1 Å². The Labute approximate surface area is 181 Å². The predicted octanol–water partition coefficient (Wildman–Crippen LogP) is 3.43. The summed E-state index contributed by atoms with van der Waals surface area (Å²) in [6.45, 7) is 0. The molecule has 3 fully saturated rings. The second kappa shape index (κ2) is 6.33. The van der Waals surface area contributed by atoms with E-state index in [-0.39, 0.29) is 16.7 Å². The van der Waals surface area contributed by atoms with Crippen LogP contribution in [0.4, 0.5) is 4.39 Å². The number of hydrogen-bond acceptors (Lipinski definition) is 4. The van der Waals surface area contributed by atoms with Crippen LogP contribution in [0.1, 0.15) is 41.4 Å². The molecule has 2 bridgehead atoms. The van der Waals surface area contributed by atoms with Crippen molar-refractivity contribution in [2.75, 3.05) is 0 Å². The van der Waals surface area contributed by atoms with Crippen molar-refractivity contribution in [3.63, 3.8) is 0 Å². The molecule has 1 heterocycles. The van der Waals surface area contributed by atoms with Gasteiger partial charge in [-0.15, -0.1) is 0 Å². The minimum Gasteiger partial charge on any atom is -0.480 e. The Balaban J connectivity index is 1.36. The number of nitrogens with two attached hydrogens (primary N) is 1. The van der Waals surface area contributed by atoms with Crippen molar-refractivity contribution >= 4 is 35.0 Å². The van der Waals surface area contributed by atoms with E-state index in [0.29, 0.717) is 35.4 Å². The Morgan fingerprint density at radius 3 is 2.57 bits per heavy atom. The SMILES string of the molecule is NC(=O)C(Oc1ccc(Cl)c(F)c1)C12CC(N3C(=O)c4ccc(Cl)cc4C3O)(C1)C2. The fourth-order valence-electron chi connectivity index (χ4n) is 5.31. The molecule has 3 saturated carbocycles. The van der Waals surface area contributed by atoms with E-state index in [1.54, 1.807) is 18.2 Å². The van der Waals surface area contributed by atoms with Gasteiger partial charge >= 0.3 is 0 Å². The molecule has 4 aliphatic rings. The summed E-state index contributed by atoms with van der Waals surface area (Å²) in [5.41, 5.74) is 5.35. The van der Waals surface area contributed by atoms with Crippen LogP contribution < -0.4 is 10.5 Å². The van der Waals surface area contributed by atoms with E-state index in [1.807, 2.05) is 0 Å². The molecule has 6 rings (SSSR count). The topological polar surface area (TPSA) is 92.9 Å². The number of nitrogens with zero attached hydrogens (tertiary/aromatic N) is 1. The molecule has 3 N–H and O–H groups in total.